The lowest BCUT2D eigenvalue weighted by molar-refractivity contribution is -0.124. The van der Waals surface area contributed by atoms with Crippen LogP contribution in [0.4, 0.5) is 0 Å². The molecule has 0 spiro atoms. The summed E-state index contributed by atoms with van der Waals surface area (Å²) in [5.41, 5.74) is 1.49. The summed E-state index contributed by atoms with van der Waals surface area (Å²) >= 11 is 3.51. The molecule has 1 aromatic carbocycles. The summed E-state index contributed by atoms with van der Waals surface area (Å²) in [5, 5.41) is 6.13. The van der Waals surface area contributed by atoms with Crippen molar-refractivity contribution in [2.45, 2.75) is 25.2 Å². The van der Waals surface area contributed by atoms with E-state index in [1.165, 1.54) is 5.56 Å². The van der Waals surface area contributed by atoms with Crippen molar-refractivity contribution in [3.63, 3.8) is 0 Å². The van der Waals surface area contributed by atoms with Gasteiger partial charge in [-0.2, -0.15) is 0 Å². The lowest BCUT2D eigenvalue weighted by atomic mass is 9.96. The van der Waals surface area contributed by atoms with E-state index in [9.17, 15) is 4.79 Å². The fraction of sp³-hybridized carbons (Fsp3) is 0.533. The molecule has 0 heterocycles. The lowest BCUT2D eigenvalue weighted by Crippen LogP contribution is -2.38. The summed E-state index contributed by atoms with van der Waals surface area (Å²) in [5.74, 6) is 0.152. The van der Waals surface area contributed by atoms with Gasteiger partial charge < -0.3 is 10.6 Å². The minimum Gasteiger partial charge on any atom is -0.355 e. The van der Waals surface area contributed by atoms with Crippen molar-refractivity contribution in [2.75, 3.05) is 20.1 Å². The van der Waals surface area contributed by atoms with Gasteiger partial charge >= 0.3 is 0 Å². The average molecular weight is 362 g/mol. The van der Waals surface area contributed by atoms with Crippen LogP contribution in [0.15, 0.2) is 28.7 Å². The first-order chi connectivity index (χ1) is 9.07. The number of hydrogen-bond donors (Lipinski definition) is 2. The van der Waals surface area contributed by atoms with Gasteiger partial charge in [0.2, 0.25) is 5.91 Å². The van der Waals surface area contributed by atoms with E-state index >= 15 is 0 Å². The Balaban J connectivity index is 0.00000200. The van der Waals surface area contributed by atoms with E-state index in [0.29, 0.717) is 0 Å². The number of carbonyl (C=O) groups is 1. The number of benzene rings is 1. The predicted molar refractivity (Wildman–Crippen MR) is 88.4 cm³/mol. The minimum absolute atomic E-state index is 0. The van der Waals surface area contributed by atoms with Gasteiger partial charge in [0.05, 0.1) is 0 Å². The Hall–Kier alpha value is -0.580. The quantitative estimate of drug-likeness (QED) is 0.818. The molecule has 1 saturated carbocycles. The van der Waals surface area contributed by atoms with Gasteiger partial charge in [-0.05, 0) is 37.6 Å². The van der Waals surface area contributed by atoms with Gasteiger partial charge in [0.1, 0.15) is 0 Å². The largest absolute Gasteiger partial charge is 0.355 e. The molecule has 0 saturated heterocycles. The highest BCUT2D eigenvalue weighted by molar-refractivity contribution is 9.10. The highest BCUT2D eigenvalue weighted by atomic mass is 79.9. The molecule has 0 bridgehead atoms. The summed E-state index contributed by atoms with van der Waals surface area (Å²) < 4.78 is 1.10. The van der Waals surface area contributed by atoms with E-state index in [1.807, 2.05) is 20.0 Å². The molecule has 0 aliphatic heterocycles. The molecule has 112 valence electrons. The number of hydrogen-bond acceptors (Lipinski definition) is 2. The third kappa shape index (κ3) is 4.21. The summed E-state index contributed by atoms with van der Waals surface area (Å²) in [7, 11) is 1.87. The van der Waals surface area contributed by atoms with Crippen LogP contribution in [0, 0.1) is 5.92 Å². The molecule has 1 fully saturated rings. The maximum absolute atomic E-state index is 11.9. The van der Waals surface area contributed by atoms with Crippen molar-refractivity contribution in [2.24, 2.45) is 5.92 Å². The maximum atomic E-state index is 11.9. The van der Waals surface area contributed by atoms with Crippen LogP contribution in [0.3, 0.4) is 0 Å². The summed E-state index contributed by atoms with van der Waals surface area (Å²) in [6.45, 7) is 3.41. The van der Waals surface area contributed by atoms with Crippen LogP contribution < -0.4 is 10.6 Å². The van der Waals surface area contributed by atoms with Crippen molar-refractivity contribution >= 4 is 34.2 Å². The molecule has 1 aliphatic rings. The standard InChI is InChI=1S/C15H21BrN2O.ClH/c1-11(9-17-2)14(19)18-10-15(6-7-15)12-4-3-5-13(16)8-12;/h3-5,8,11,17H,6-7,9-10H2,1-2H3,(H,18,19);1H. The number of rotatable bonds is 6. The van der Waals surface area contributed by atoms with Gasteiger partial charge in [0, 0.05) is 28.9 Å². The van der Waals surface area contributed by atoms with E-state index in [2.05, 4.69) is 44.8 Å². The minimum atomic E-state index is 0. The molecule has 1 amide bonds. The number of halogens is 2. The second kappa shape index (κ2) is 7.43. The lowest BCUT2D eigenvalue weighted by Gasteiger charge is -2.19. The van der Waals surface area contributed by atoms with Crippen LogP contribution in [0.1, 0.15) is 25.3 Å². The van der Waals surface area contributed by atoms with Crippen molar-refractivity contribution in [1.29, 1.82) is 0 Å². The molecule has 0 radical (unpaired) electrons. The molecule has 1 aliphatic carbocycles. The van der Waals surface area contributed by atoms with Crippen molar-refractivity contribution < 1.29 is 4.79 Å². The van der Waals surface area contributed by atoms with E-state index < -0.39 is 0 Å². The van der Waals surface area contributed by atoms with Crippen LogP contribution >= 0.6 is 28.3 Å². The first-order valence-corrected chi connectivity index (χ1v) is 7.55. The van der Waals surface area contributed by atoms with E-state index in [0.717, 1.165) is 30.4 Å². The summed E-state index contributed by atoms with van der Waals surface area (Å²) in [4.78, 5) is 11.9. The fourth-order valence-corrected chi connectivity index (χ4v) is 2.77. The molecule has 1 atom stereocenters. The van der Waals surface area contributed by atoms with E-state index in [4.69, 9.17) is 0 Å². The first kappa shape index (κ1) is 17.5. The Morgan fingerprint density at radius 3 is 2.70 bits per heavy atom. The van der Waals surface area contributed by atoms with Gasteiger partial charge in [-0.25, -0.2) is 0 Å². The molecule has 2 rings (SSSR count). The zero-order chi connectivity index (χ0) is 13.9. The smallest absolute Gasteiger partial charge is 0.224 e. The molecular weight excluding hydrogens is 340 g/mol. The number of nitrogens with one attached hydrogen (secondary N) is 2. The van der Waals surface area contributed by atoms with Crippen LogP contribution in [0.25, 0.3) is 0 Å². The molecule has 1 unspecified atom stereocenters. The fourth-order valence-electron chi connectivity index (χ4n) is 2.37. The highest BCUT2D eigenvalue weighted by Gasteiger charge is 2.44. The topological polar surface area (TPSA) is 41.1 Å². The van der Waals surface area contributed by atoms with Crippen LogP contribution in [-0.4, -0.2) is 26.0 Å². The zero-order valence-electron chi connectivity index (χ0n) is 11.9. The second-order valence-corrected chi connectivity index (χ2v) is 6.38. The molecule has 1 aromatic rings. The normalized spacial score (nSPS) is 16.9. The van der Waals surface area contributed by atoms with Gasteiger partial charge in [-0.1, -0.05) is 35.0 Å². The molecule has 5 heteroatoms. The number of carbonyl (C=O) groups excluding carboxylic acids is 1. The van der Waals surface area contributed by atoms with Crippen molar-refractivity contribution in [3.8, 4) is 0 Å². The Labute approximate surface area is 135 Å². The molecule has 3 nitrogen and oxygen atoms in total. The van der Waals surface area contributed by atoms with Gasteiger partial charge in [0.25, 0.3) is 0 Å². The van der Waals surface area contributed by atoms with E-state index in [1.54, 1.807) is 0 Å². The van der Waals surface area contributed by atoms with Gasteiger partial charge in [-0.3, -0.25) is 4.79 Å². The molecule has 2 N–H and O–H groups in total. The molecule has 20 heavy (non-hydrogen) atoms. The Morgan fingerprint density at radius 2 is 2.15 bits per heavy atom. The SMILES string of the molecule is CNCC(C)C(=O)NCC1(c2cccc(Br)c2)CC1.Cl. The summed E-state index contributed by atoms with van der Waals surface area (Å²) in [6.07, 6.45) is 2.31. The monoisotopic (exact) mass is 360 g/mol. The average Bonchev–Trinajstić information content (AvgIpc) is 3.17. The van der Waals surface area contributed by atoms with Crippen LogP contribution in [-0.2, 0) is 10.2 Å². The highest BCUT2D eigenvalue weighted by Crippen LogP contribution is 2.48. The summed E-state index contributed by atoms with van der Waals surface area (Å²) in [6, 6.07) is 8.41. The predicted octanol–water partition coefficient (Wildman–Crippen LogP) is 2.87. The third-order valence-corrected chi connectivity index (χ3v) is 4.34. The zero-order valence-corrected chi connectivity index (χ0v) is 14.3. The van der Waals surface area contributed by atoms with Crippen LogP contribution in [0.2, 0.25) is 0 Å². The third-order valence-electron chi connectivity index (χ3n) is 3.85. The Bertz CT molecular complexity index is 463. The second-order valence-electron chi connectivity index (χ2n) is 5.47. The maximum Gasteiger partial charge on any atom is 0.224 e. The molecular formula is C15H22BrClN2O. The first-order valence-electron chi connectivity index (χ1n) is 6.76. The Kier molecular flexibility index (Phi) is 6.49. The number of amides is 1. The van der Waals surface area contributed by atoms with Crippen molar-refractivity contribution in [1.82, 2.24) is 10.6 Å². The van der Waals surface area contributed by atoms with Gasteiger partial charge in [-0.15, -0.1) is 12.4 Å². The molecule has 0 aromatic heterocycles. The van der Waals surface area contributed by atoms with Crippen LogP contribution in [0.5, 0.6) is 0 Å². The van der Waals surface area contributed by atoms with E-state index in [-0.39, 0.29) is 29.6 Å². The van der Waals surface area contributed by atoms with Crippen molar-refractivity contribution in [3.05, 3.63) is 34.3 Å². The van der Waals surface area contributed by atoms with Gasteiger partial charge in [0.15, 0.2) is 0 Å². The Morgan fingerprint density at radius 1 is 1.45 bits per heavy atom.